The van der Waals surface area contributed by atoms with Gasteiger partial charge in [0.1, 0.15) is 18.3 Å². The molecule has 1 unspecified atom stereocenters. The third-order valence-corrected chi connectivity index (χ3v) is 4.91. The zero-order valence-electron chi connectivity index (χ0n) is 14.7. The van der Waals surface area contributed by atoms with Crippen molar-refractivity contribution in [2.24, 2.45) is 4.99 Å². The highest BCUT2D eigenvalue weighted by Gasteiger charge is 2.25. The van der Waals surface area contributed by atoms with E-state index in [4.69, 9.17) is 9.47 Å². The molecule has 2 aliphatic heterocycles. The lowest BCUT2D eigenvalue weighted by Gasteiger charge is -2.24. The standard InChI is InChI=1S/C19H25N3O3/c1-11-7-13-9-16(19-22-17(10-25-19)12(2)23)21-18(13)15(8-11)20-14-3-5-24-6-4-14/h7-9,12,14,17,20-21,23H,3-6,10H2,1-2H3/t12?,17-/m1/s1. The topological polar surface area (TPSA) is 78.9 Å². The highest BCUT2D eigenvalue weighted by Crippen LogP contribution is 2.29. The minimum atomic E-state index is -0.505. The maximum absolute atomic E-state index is 9.70. The molecule has 0 spiro atoms. The van der Waals surface area contributed by atoms with Crippen LogP contribution in [-0.2, 0) is 9.47 Å². The Morgan fingerprint density at radius 1 is 1.28 bits per heavy atom. The van der Waals surface area contributed by atoms with Crippen molar-refractivity contribution in [2.45, 2.75) is 44.9 Å². The Balaban J connectivity index is 1.65. The molecule has 2 aliphatic rings. The SMILES string of the molecule is Cc1cc(NC2CCOCC2)c2[nH]c(C3=N[C@@H](C(C)O)CO3)cc2c1. The van der Waals surface area contributed by atoms with Crippen LogP contribution in [-0.4, -0.2) is 54.0 Å². The average Bonchev–Trinajstić information content (AvgIpc) is 3.22. The van der Waals surface area contributed by atoms with Gasteiger partial charge in [0.25, 0.3) is 0 Å². The molecule has 2 atom stereocenters. The highest BCUT2D eigenvalue weighted by molar-refractivity contribution is 6.02. The van der Waals surface area contributed by atoms with Gasteiger partial charge in [-0.3, -0.25) is 0 Å². The minimum Gasteiger partial charge on any atom is -0.474 e. The molecule has 0 amide bonds. The van der Waals surface area contributed by atoms with Crippen LogP contribution >= 0.6 is 0 Å². The Hall–Kier alpha value is -2.05. The lowest BCUT2D eigenvalue weighted by atomic mass is 10.1. The van der Waals surface area contributed by atoms with E-state index in [1.807, 2.05) is 0 Å². The van der Waals surface area contributed by atoms with Gasteiger partial charge in [0, 0.05) is 24.6 Å². The molecule has 0 aliphatic carbocycles. The fourth-order valence-corrected chi connectivity index (χ4v) is 3.47. The van der Waals surface area contributed by atoms with Crippen LogP contribution in [0.25, 0.3) is 10.9 Å². The molecule has 1 fully saturated rings. The van der Waals surface area contributed by atoms with Crippen LogP contribution < -0.4 is 5.32 Å². The molecule has 3 heterocycles. The van der Waals surface area contributed by atoms with E-state index in [1.165, 1.54) is 5.56 Å². The summed E-state index contributed by atoms with van der Waals surface area (Å²) in [7, 11) is 0. The average molecular weight is 343 g/mol. The summed E-state index contributed by atoms with van der Waals surface area (Å²) >= 11 is 0. The molecule has 1 saturated heterocycles. The molecule has 134 valence electrons. The minimum absolute atomic E-state index is 0.192. The Kier molecular flexibility index (Phi) is 4.39. The number of fused-ring (bicyclic) bond motifs is 1. The molecule has 1 aromatic carbocycles. The van der Waals surface area contributed by atoms with Crippen LogP contribution in [0.2, 0.25) is 0 Å². The number of ether oxygens (including phenoxy) is 2. The number of anilines is 1. The number of hydrogen-bond donors (Lipinski definition) is 3. The van der Waals surface area contributed by atoms with Crippen LogP contribution in [0.4, 0.5) is 5.69 Å². The number of H-pyrrole nitrogens is 1. The molecule has 1 aromatic heterocycles. The Morgan fingerprint density at radius 2 is 2.08 bits per heavy atom. The van der Waals surface area contributed by atoms with Gasteiger partial charge < -0.3 is 24.9 Å². The van der Waals surface area contributed by atoms with Crippen molar-refractivity contribution in [2.75, 3.05) is 25.1 Å². The first kappa shape index (κ1) is 16.4. The van der Waals surface area contributed by atoms with E-state index in [2.05, 4.69) is 40.4 Å². The maximum atomic E-state index is 9.70. The molecule has 0 saturated carbocycles. The summed E-state index contributed by atoms with van der Waals surface area (Å²) in [6.45, 7) is 5.90. The van der Waals surface area contributed by atoms with Gasteiger partial charge in [0.2, 0.25) is 5.90 Å². The molecule has 6 heteroatoms. The van der Waals surface area contributed by atoms with Gasteiger partial charge >= 0.3 is 0 Å². The van der Waals surface area contributed by atoms with Gasteiger partial charge in [0.05, 0.1) is 17.3 Å². The van der Waals surface area contributed by atoms with Crippen molar-refractivity contribution >= 4 is 22.5 Å². The fourth-order valence-electron chi connectivity index (χ4n) is 3.47. The second-order valence-electron chi connectivity index (χ2n) is 7.04. The summed E-state index contributed by atoms with van der Waals surface area (Å²) in [6.07, 6.45) is 1.54. The highest BCUT2D eigenvalue weighted by atomic mass is 16.5. The zero-order chi connectivity index (χ0) is 17.4. The number of aliphatic hydroxyl groups excluding tert-OH is 1. The second-order valence-corrected chi connectivity index (χ2v) is 7.04. The first-order valence-corrected chi connectivity index (χ1v) is 8.97. The van der Waals surface area contributed by atoms with Crippen molar-refractivity contribution in [1.82, 2.24) is 4.98 Å². The molecule has 3 N–H and O–H groups in total. The number of nitrogens with zero attached hydrogens (tertiary/aromatic N) is 1. The molecule has 6 nitrogen and oxygen atoms in total. The van der Waals surface area contributed by atoms with Gasteiger partial charge in [-0.2, -0.15) is 0 Å². The summed E-state index contributed by atoms with van der Waals surface area (Å²) in [4.78, 5) is 7.95. The predicted molar refractivity (Wildman–Crippen MR) is 98.5 cm³/mol. The summed E-state index contributed by atoms with van der Waals surface area (Å²) < 4.78 is 11.1. The molecule has 0 radical (unpaired) electrons. The third kappa shape index (κ3) is 3.37. The smallest absolute Gasteiger partial charge is 0.233 e. The van der Waals surface area contributed by atoms with Crippen molar-refractivity contribution < 1.29 is 14.6 Å². The second kappa shape index (κ2) is 6.69. The van der Waals surface area contributed by atoms with E-state index in [9.17, 15) is 5.11 Å². The number of aliphatic imine (C=N–C) groups is 1. The maximum Gasteiger partial charge on any atom is 0.233 e. The number of nitrogens with one attached hydrogen (secondary N) is 2. The van der Waals surface area contributed by atoms with Gasteiger partial charge in [-0.1, -0.05) is 0 Å². The molecule has 0 bridgehead atoms. The monoisotopic (exact) mass is 343 g/mol. The van der Waals surface area contributed by atoms with E-state index in [-0.39, 0.29) is 6.04 Å². The van der Waals surface area contributed by atoms with Crippen LogP contribution in [0.15, 0.2) is 23.2 Å². The van der Waals surface area contributed by atoms with Gasteiger partial charge in [-0.15, -0.1) is 0 Å². The van der Waals surface area contributed by atoms with Crippen molar-refractivity contribution in [3.63, 3.8) is 0 Å². The number of hydrogen-bond acceptors (Lipinski definition) is 5. The van der Waals surface area contributed by atoms with E-state index in [0.29, 0.717) is 18.5 Å². The van der Waals surface area contributed by atoms with Crippen LogP contribution in [0, 0.1) is 6.92 Å². The van der Waals surface area contributed by atoms with Crippen molar-refractivity contribution in [1.29, 1.82) is 0 Å². The van der Waals surface area contributed by atoms with Gasteiger partial charge in [-0.25, -0.2) is 4.99 Å². The largest absolute Gasteiger partial charge is 0.474 e. The summed E-state index contributed by atoms with van der Waals surface area (Å²) in [6, 6.07) is 6.65. The van der Waals surface area contributed by atoms with E-state index < -0.39 is 6.10 Å². The van der Waals surface area contributed by atoms with Gasteiger partial charge in [0.15, 0.2) is 0 Å². The van der Waals surface area contributed by atoms with E-state index in [1.54, 1.807) is 6.92 Å². The Labute approximate surface area is 147 Å². The normalized spacial score (nSPS) is 22.7. The van der Waals surface area contributed by atoms with Crippen LogP contribution in [0.1, 0.15) is 31.0 Å². The predicted octanol–water partition coefficient (Wildman–Crippen LogP) is 2.59. The number of aliphatic hydroxyl groups is 1. The fraction of sp³-hybridized carbons (Fsp3) is 0.526. The number of rotatable bonds is 4. The first-order valence-electron chi connectivity index (χ1n) is 8.97. The Morgan fingerprint density at radius 3 is 2.80 bits per heavy atom. The molecular formula is C19H25N3O3. The molecule has 4 rings (SSSR count). The number of aryl methyl sites for hydroxylation is 1. The van der Waals surface area contributed by atoms with Crippen molar-refractivity contribution in [3.8, 4) is 0 Å². The molecule has 2 aromatic rings. The number of benzene rings is 1. The van der Waals surface area contributed by atoms with Crippen LogP contribution in [0.5, 0.6) is 0 Å². The first-order chi connectivity index (χ1) is 12.1. The van der Waals surface area contributed by atoms with E-state index in [0.717, 1.165) is 48.3 Å². The zero-order valence-corrected chi connectivity index (χ0v) is 14.7. The lowest BCUT2D eigenvalue weighted by Crippen LogP contribution is -2.27. The van der Waals surface area contributed by atoms with Gasteiger partial charge in [-0.05, 0) is 50.5 Å². The molecular weight excluding hydrogens is 318 g/mol. The third-order valence-electron chi connectivity index (χ3n) is 4.91. The quantitative estimate of drug-likeness (QED) is 0.797. The summed E-state index contributed by atoms with van der Waals surface area (Å²) in [5, 5.41) is 14.5. The molecule has 25 heavy (non-hydrogen) atoms. The summed E-state index contributed by atoms with van der Waals surface area (Å²) in [5.41, 5.74) is 4.25. The number of aromatic nitrogens is 1. The summed E-state index contributed by atoms with van der Waals surface area (Å²) in [5.74, 6) is 0.580. The number of aromatic amines is 1. The van der Waals surface area contributed by atoms with Crippen molar-refractivity contribution in [3.05, 3.63) is 29.5 Å². The van der Waals surface area contributed by atoms with E-state index >= 15 is 0 Å². The lowest BCUT2D eigenvalue weighted by molar-refractivity contribution is 0.0905. The Bertz CT molecular complexity index is 791. The van der Waals surface area contributed by atoms with Crippen LogP contribution in [0.3, 0.4) is 0 Å².